The van der Waals surface area contributed by atoms with Gasteiger partial charge in [0.1, 0.15) is 0 Å². The average Bonchev–Trinajstić information content (AvgIpc) is 2.94. The average molecular weight is 247 g/mol. The predicted molar refractivity (Wildman–Crippen MR) is 68.4 cm³/mol. The predicted octanol–water partition coefficient (Wildman–Crippen LogP) is 2.04. The van der Waals surface area contributed by atoms with Gasteiger partial charge in [0.15, 0.2) is 5.82 Å². The molecule has 0 aliphatic carbocycles. The SMILES string of the molecule is c1cc(-c2ccc(N3CCOCC3)nn2)cs1. The van der Waals surface area contributed by atoms with E-state index in [9.17, 15) is 0 Å². The standard InChI is InChI=1S/C12H13N3OS/c1-2-12(15-4-6-16-7-5-15)14-13-11(1)10-3-8-17-9-10/h1-3,8-9H,4-7H2. The Morgan fingerprint density at radius 2 is 2.00 bits per heavy atom. The number of nitrogens with zero attached hydrogens (tertiary/aromatic N) is 3. The first-order valence-electron chi connectivity index (χ1n) is 5.62. The highest BCUT2D eigenvalue weighted by molar-refractivity contribution is 7.08. The van der Waals surface area contributed by atoms with Gasteiger partial charge in [0.25, 0.3) is 0 Å². The Labute approximate surface area is 104 Å². The molecule has 1 fully saturated rings. The van der Waals surface area contributed by atoms with Crippen LogP contribution in [0, 0.1) is 0 Å². The number of hydrogen-bond acceptors (Lipinski definition) is 5. The van der Waals surface area contributed by atoms with E-state index in [1.54, 1.807) is 11.3 Å². The monoisotopic (exact) mass is 247 g/mol. The Bertz CT molecular complexity index is 463. The molecule has 1 aliphatic heterocycles. The molecule has 0 radical (unpaired) electrons. The second-order valence-electron chi connectivity index (χ2n) is 3.89. The van der Waals surface area contributed by atoms with Crippen LogP contribution in [0.25, 0.3) is 11.3 Å². The molecule has 0 N–H and O–H groups in total. The summed E-state index contributed by atoms with van der Waals surface area (Å²) in [4.78, 5) is 2.20. The van der Waals surface area contributed by atoms with Crippen LogP contribution in [-0.4, -0.2) is 36.5 Å². The first kappa shape index (κ1) is 10.7. The number of aromatic nitrogens is 2. The van der Waals surface area contributed by atoms with Gasteiger partial charge in [-0.25, -0.2) is 0 Å². The van der Waals surface area contributed by atoms with E-state index in [0.717, 1.165) is 43.4 Å². The normalized spacial score (nSPS) is 16.1. The van der Waals surface area contributed by atoms with Crippen LogP contribution >= 0.6 is 11.3 Å². The molecule has 0 aromatic carbocycles. The van der Waals surface area contributed by atoms with E-state index >= 15 is 0 Å². The second kappa shape index (κ2) is 4.81. The van der Waals surface area contributed by atoms with Crippen LogP contribution in [0.4, 0.5) is 5.82 Å². The molecule has 3 rings (SSSR count). The summed E-state index contributed by atoms with van der Waals surface area (Å²) in [7, 11) is 0. The fourth-order valence-corrected chi connectivity index (χ4v) is 2.50. The molecule has 0 atom stereocenters. The molecule has 17 heavy (non-hydrogen) atoms. The largest absolute Gasteiger partial charge is 0.378 e. The van der Waals surface area contributed by atoms with Crippen molar-refractivity contribution in [3.05, 3.63) is 29.0 Å². The van der Waals surface area contributed by atoms with Crippen molar-refractivity contribution in [2.75, 3.05) is 31.2 Å². The quantitative estimate of drug-likeness (QED) is 0.814. The lowest BCUT2D eigenvalue weighted by Crippen LogP contribution is -2.36. The van der Waals surface area contributed by atoms with Gasteiger partial charge >= 0.3 is 0 Å². The van der Waals surface area contributed by atoms with Gasteiger partial charge in [0, 0.05) is 24.0 Å². The summed E-state index contributed by atoms with van der Waals surface area (Å²) in [6, 6.07) is 6.12. The molecule has 2 aromatic heterocycles. The number of ether oxygens (including phenoxy) is 1. The maximum absolute atomic E-state index is 5.32. The molecular weight excluding hydrogens is 234 g/mol. The van der Waals surface area contributed by atoms with Gasteiger partial charge in [0.05, 0.1) is 18.9 Å². The molecule has 4 nitrogen and oxygen atoms in total. The van der Waals surface area contributed by atoms with E-state index in [1.807, 2.05) is 17.5 Å². The topological polar surface area (TPSA) is 38.2 Å². The summed E-state index contributed by atoms with van der Waals surface area (Å²) in [5, 5.41) is 12.7. The van der Waals surface area contributed by atoms with Gasteiger partial charge in [-0.05, 0) is 23.6 Å². The molecular formula is C12H13N3OS. The third kappa shape index (κ3) is 2.30. The zero-order valence-corrected chi connectivity index (χ0v) is 10.2. The molecule has 0 saturated carbocycles. The minimum absolute atomic E-state index is 0.772. The molecule has 0 amide bonds. The van der Waals surface area contributed by atoms with Crippen molar-refractivity contribution in [2.45, 2.75) is 0 Å². The van der Waals surface area contributed by atoms with E-state index in [4.69, 9.17) is 4.74 Å². The number of anilines is 1. The van der Waals surface area contributed by atoms with E-state index < -0.39 is 0 Å². The number of hydrogen-bond donors (Lipinski definition) is 0. The maximum Gasteiger partial charge on any atom is 0.151 e. The number of thiophene rings is 1. The Balaban J connectivity index is 1.80. The van der Waals surface area contributed by atoms with Crippen LogP contribution < -0.4 is 4.90 Å². The van der Waals surface area contributed by atoms with Crippen LogP contribution in [0.2, 0.25) is 0 Å². The van der Waals surface area contributed by atoms with Gasteiger partial charge in [-0.2, -0.15) is 11.3 Å². The van der Waals surface area contributed by atoms with Crippen LogP contribution in [0.3, 0.4) is 0 Å². The van der Waals surface area contributed by atoms with Gasteiger partial charge in [0.2, 0.25) is 0 Å². The maximum atomic E-state index is 5.32. The Kier molecular flexibility index (Phi) is 3.02. The van der Waals surface area contributed by atoms with Crippen molar-refractivity contribution in [3.63, 3.8) is 0 Å². The summed E-state index contributed by atoms with van der Waals surface area (Å²) in [5.41, 5.74) is 2.07. The van der Waals surface area contributed by atoms with E-state index in [-0.39, 0.29) is 0 Å². The van der Waals surface area contributed by atoms with Crippen molar-refractivity contribution in [2.24, 2.45) is 0 Å². The molecule has 88 valence electrons. The van der Waals surface area contributed by atoms with Gasteiger partial charge in [-0.3, -0.25) is 0 Å². The minimum Gasteiger partial charge on any atom is -0.378 e. The van der Waals surface area contributed by atoms with Crippen LogP contribution in [0.1, 0.15) is 0 Å². The summed E-state index contributed by atoms with van der Waals surface area (Å²) in [6.45, 7) is 3.33. The molecule has 0 unspecified atom stereocenters. The summed E-state index contributed by atoms with van der Waals surface area (Å²) in [5.74, 6) is 0.937. The molecule has 3 heterocycles. The molecule has 1 aliphatic rings. The lowest BCUT2D eigenvalue weighted by atomic mass is 10.2. The lowest BCUT2D eigenvalue weighted by molar-refractivity contribution is 0.122. The first-order valence-corrected chi connectivity index (χ1v) is 6.57. The van der Waals surface area contributed by atoms with Crippen molar-refractivity contribution in [1.82, 2.24) is 10.2 Å². The van der Waals surface area contributed by atoms with Crippen LogP contribution in [0.15, 0.2) is 29.0 Å². The third-order valence-electron chi connectivity index (χ3n) is 2.80. The molecule has 2 aromatic rings. The zero-order chi connectivity index (χ0) is 11.5. The van der Waals surface area contributed by atoms with Crippen LogP contribution in [0.5, 0.6) is 0 Å². The lowest BCUT2D eigenvalue weighted by Gasteiger charge is -2.27. The second-order valence-corrected chi connectivity index (χ2v) is 4.67. The van der Waals surface area contributed by atoms with E-state index in [1.165, 1.54) is 0 Å². The van der Waals surface area contributed by atoms with Gasteiger partial charge in [-0.1, -0.05) is 0 Å². The molecule has 0 bridgehead atoms. The van der Waals surface area contributed by atoms with E-state index in [0.29, 0.717) is 0 Å². The van der Waals surface area contributed by atoms with Crippen molar-refractivity contribution >= 4 is 17.2 Å². The Morgan fingerprint density at radius 3 is 2.65 bits per heavy atom. The fourth-order valence-electron chi connectivity index (χ4n) is 1.85. The molecule has 0 spiro atoms. The highest BCUT2D eigenvalue weighted by atomic mass is 32.1. The van der Waals surface area contributed by atoms with Crippen molar-refractivity contribution in [3.8, 4) is 11.3 Å². The molecule has 5 heteroatoms. The molecule has 1 saturated heterocycles. The summed E-state index contributed by atoms with van der Waals surface area (Å²) in [6.07, 6.45) is 0. The fraction of sp³-hybridized carbons (Fsp3) is 0.333. The smallest absolute Gasteiger partial charge is 0.151 e. The van der Waals surface area contributed by atoms with Gasteiger partial charge < -0.3 is 9.64 Å². The summed E-state index contributed by atoms with van der Waals surface area (Å²) < 4.78 is 5.32. The highest BCUT2D eigenvalue weighted by Crippen LogP contribution is 2.21. The third-order valence-corrected chi connectivity index (χ3v) is 3.49. The first-order chi connectivity index (χ1) is 8.43. The van der Waals surface area contributed by atoms with E-state index in [2.05, 4.69) is 26.5 Å². The zero-order valence-electron chi connectivity index (χ0n) is 9.37. The summed E-state index contributed by atoms with van der Waals surface area (Å²) >= 11 is 1.67. The number of morpholine rings is 1. The van der Waals surface area contributed by atoms with Crippen molar-refractivity contribution < 1.29 is 4.74 Å². The van der Waals surface area contributed by atoms with Crippen LogP contribution in [-0.2, 0) is 4.74 Å². The van der Waals surface area contributed by atoms with Crippen molar-refractivity contribution in [1.29, 1.82) is 0 Å². The Hall–Kier alpha value is -1.46. The highest BCUT2D eigenvalue weighted by Gasteiger charge is 2.12. The Morgan fingerprint density at radius 1 is 1.12 bits per heavy atom. The van der Waals surface area contributed by atoms with Gasteiger partial charge in [-0.15, -0.1) is 10.2 Å². The minimum atomic E-state index is 0.772. The number of rotatable bonds is 2.